The summed E-state index contributed by atoms with van der Waals surface area (Å²) in [4.78, 5) is 0. The smallest absolute Gasteiger partial charge is 0.179 e. The van der Waals surface area contributed by atoms with Crippen molar-refractivity contribution in [3.05, 3.63) is 22.7 Å². The molecule has 13 heavy (non-hydrogen) atoms. The van der Waals surface area contributed by atoms with Crippen molar-refractivity contribution in [3.8, 4) is 11.4 Å². The van der Waals surface area contributed by atoms with Crippen LogP contribution in [0.2, 0.25) is 0 Å². The molecule has 0 fully saturated rings. The average Bonchev–Trinajstić information content (AvgIpc) is 2.62. The van der Waals surface area contributed by atoms with Gasteiger partial charge in [0.05, 0.1) is 0 Å². The minimum absolute atomic E-state index is 0.610. The Kier molecular flexibility index (Phi) is 1.97. The summed E-state index contributed by atoms with van der Waals surface area (Å²) in [6.45, 7) is 0. The number of tetrazole rings is 1. The van der Waals surface area contributed by atoms with Gasteiger partial charge in [-0.3, -0.25) is 0 Å². The molecule has 3 N–H and O–H groups in total. The predicted octanol–water partition coefficient (Wildman–Crippen LogP) is 1.21. The number of halogens is 1. The van der Waals surface area contributed by atoms with Gasteiger partial charge in [0, 0.05) is 15.7 Å². The van der Waals surface area contributed by atoms with Gasteiger partial charge in [0.2, 0.25) is 0 Å². The summed E-state index contributed by atoms with van der Waals surface area (Å²) in [5, 5.41) is 13.4. The first-order valence-electron chi connectivity index (χ1n) is 3.56. The molecule has 0 bridgehead atoms. The molecule has 0 saturated heterocycles. The Hall–Kier alpha value is -1.43. The standard InChI is InChI=1S/C7H6BrN5/c8-5-2-1-4(3-6(5)9)7-10-12-13-11-7/h1-3H,9H2,(H,10,11,12,13). The van der Waals surface area contributed by atoms with E-state index in [0.29, 0.717) is 11.5 Å². The highest BCUT2D eigenvalue weighted by Crippen LogP contribution is 2.24. The van der Waals surface area contributed by atoms with Gasteiger partial charge in [0.15, 0.2) is 5.82 Å². The molecule has 1 heterocycles. The van der Waals surface area contributed by atoms with Crippen LogP contribution < -0.4 is 5.73 Å². The Morgan fingerprint density at radius 3 is 2.85 bits per heavy atom. The van der Waals surface area contributed by atoms with Gasteiger partial charge in [0.1, 0.15) is 0 Å². The van der Waals surface area contributed by atoms with E-state index in [2.05, 4.69) is 36.6 Å². The van der Waals surface area contributed by atoms with Gasteiger partial charge < -0.3 is 5.73 Å². The van der Waals surface area contributed by atoms with Crippen LogP contribution in [0.15, 0.2) is 22.7 Å². The van der Waals surface area contributed by atoms with Crippen LogP contribution in [0, 0.1) is 0 Å². The maximum absolute atomic E-state index is 5.70. The predicted molar refractivity (Wildman–Crippen MR) is 51.7 cm³/mol. The molecule has 0 spiro atoms. The molecule has 0 aliphatic carbocycles. The molecule has 2 aromatic rings. The first kappa shape index (κ1) is 8.18. The van der Waals surface area contributed by atoms with E-state index < -0.39 is 0 Å². The molecular formula is C7H6BrN5. The highest BCUT2D eigenvalue weighted by molar-refractivity contribution is 9.10. The zero-order chi connectivity index (χ0) is 9.26. The topological polar surface area (TPSA) is 80.5 Å². The highest BCUT2D eigenvalue weighted by Gasteiger charge is 2.03. The zero-order valence-corrected chi connectivity index (χ0v) is 8.12. The minimum atomic E-state index is 0.610. The Morgan fingerprint density at radius 1 is 1.38 bits per heavy atom. The van der Waals surface area contributed by atoms with E-state index in [1.165, 1.54) is 0 Å². The lowest BCUT2D eigenvalue weighted by molar-refractivity contribution is 0.881. The van der Waals surface area contributed by atoms with Gasteiger partial charge >= 0.3 is 0 Å². The molecule has 1 aromatic carbocycles. The Bertz CT molecular complexity index is 411. The van der Waals surface area contributed by atoms with Crippen LogP contribution in [0.3, 0.4) is 0 Å². The van der Waals surface area contributed by atoms with Crippen molar-refractivity contribution in [2.75, 3.05) is 5.73 Å². The summed E-state index contributed by atoms with van der Waals surface area (Å²) in [7, 11) is 0. The molecule has 0 amide bonds. The third-order valence-corrected chi connectivity index (χ3v) is 2.34. The number of aromatic nitrogens is 4. The number of aromatic amines is 1. The molecular weight excluding hydrogens is 234 g/mol. The number of hydrogen-bond donors (Lipinski definition) is 2. The second-order valence-corrected chi connectivity index (χ2v) is 3.34. The van der Waals surface area contributed by atoms with Crippen molar-refractivity contribution in [1.29, 1.82) is 0 Å². The monoisotopic (exact) mass is 239 g/mol. The fourth-order valence-electron chi connectivity index (χ4n) is 0.972. The number of nitrogens with zero attached hydrogens (tertiary/aromatic N) is 3. The molecule has 1 aromatic heterocycles. The van der Waals surface area contributed by atoms with Crippen molar-refractivity contribution < 1.29 is 0 Å². The highest BCUT2D eigenvalue weighted by atomic mass is 79.9. The number of rotatable bonds is 1. The SMILES string of the molecule is Nc1cc(-c2nnn[nH]2)ccc1Br. The number of nitrogens with one attached hydrogen (secondary N) is 1. The lowest BCUT2D eigenvalue weighted by Gasteiger charge is -1.99. The van der Waals surface area contributed by atoms with E-state index in [1.807, 2.05) is 12.1 Å². The van der Waals surface area contributed by atoms with Gasteiger partial charge in [-0.25, -0.2) is 5.10 Å². The van der Waals surface area contributed by atoms with Crippen molar-refractivity contribution in [3.63, 3.8) is 0 Å². The quantitative estimate of drug-likeness (QED) is 0.734. The maximum Gasteiger partial charge on any atom is 0.179 e. The Labute approximate surface area is 82.5 Å². The van der Waals surface area contributed by atoms with Crippen molar-refractivity contribution in [1.82, 2.24) is 20.6 Å². The Balaban J connectivity index is 2.49. The summed E-state index contributed by atoms with van der Waals surface area (Å²) in [6, 6.07) is 5.53. The second kappa shape index (κ2) is 3.14. The molecule has 2 rings (SSSR count). The first-order valence-corrected chi connectivity index (χ1v) is 4.36. The summed E-state index contributed by atoms with van der Waals surface area (Å²) in [6.07, 6.45) is 0. The van der Waals surface area contributed by atoms with Crippen LogP contribution in [0.25, 0.3) is 11.4 Å². The molecule has 6 heteroatoms. The second-order valence-electron chi connectivity index (χ2n) is 2.49. The summed E-state index contributed by atoms with van der Waals surface area (Å²) < 4.78 is 0.865. The van der Waals surface area contributed by atoms with Gasteiger partial charge in [-0.2, -0.15) is 0 Å². The van der Waals surface area contributed by atoms with E-state index in [1.54, 1.807) is 6.07 Å². The molecule has 0 aliphatic heterocycles. The fourth-order valence-corrected chi connectivity index (χ4v) is 1.22. The molecule has 66 valence electrons. The average molecular weight is 240 g/mol. The van der Waals surface area contributed by atoms with Crippen molar-refractivity contribution in [2.24, 2.45) is 0 Å². The third-order valence-electron chi connectivity index (χ3n) is 1.61. The van der Waals surface area contributed by atoms with E-state index >= 15 is 0 Å². The summed E-state index contributed by atoms with van der Waals surface area (Å²) >= 11 is 3.31. The van der Waals surface area contributed by atoms with Gasteiger partial charge in [0.25, 0.3) is 0 Å². The molecule has 0 aliphatic rings. The van der Waals surface area contributed by atoms with Gasteiger partial charge in [-0.1, -0.05) is 0 Å². The van der Waals surface area contributed by atoms with Gasteiger partial charge in [-0.15, -0.1) is 5.10 Å². The number of nitrogens with two attached hydrogens (primary N) is 1. The maximum atomic E-state index is 5.70. The van der Waals surface area contributed by atoms with Crippen LogP contribution in [0.5, 0.6) is 0 Å². The number of hydrogen-bond acceptors (Lipinski definition) is 4. The van der Waals surface area contributed by atoms with Crippen LogP contribution in [-0.2, 0) is 0 Å². The van der Waals surface area contributed by atoms with Crippen molar-refractivity contribution in [2.45, 2.75) is 0 Å². The number of anilines is 1. The summed E-state index contributed by atoms with van der Waals surface area (Å²) in [5.74, 6) is 0.610. The normalized spacial score (nSPS) is 10.2. The lowest BCUT2D eigenvalue weighted by atomic mass is 10.2. The lowest BCUT2D eigenvalue weighted by Crippen LogP contribution is -1.88. The molecule has 0 unspecified atom stereocenters. The largest absolute Gasteiger partial charge is 0.398 e. The van der Waals surface area contributed by atoms with E-state index in [0.717, 1.165) is 10.0 Å². The van der Waals surface area contributed by atoms with Gasteiger partial charge in [-0.05, 0) is 44.6 Å². The number of nitrogen functional groups attached to an aromatic ring is 1. The zero-order valence-electron chi connectivity index (χ0n) is 6.53. The number of benzene rings is 1. The fraction of sp³-hybridized carbons (Fsp3) is 0. The van der Waals surface area contributed by atoms with E-state index in [-0.39, 0.29) is 0 Å². The van der Waals surface area contributed by atoms with Crippen LogP contribution in [0.1, 0.15) is 0 Å². The van der Waals surface area contributed by atoms with Crippen LogP contribution >= 0.6 is 15.9 Å². The molecule has 0 atom stereocenters. The first-order chi connectivity index (χ1) is 6.27. The van der Waals surface area contributed by atoms with Crippen LogP contribution in [-0.4, -0.2) is 20.6 Å². The van der Waals surface area contributed by atoms with E-state index in [4.69, 9.17) is 5.73 Å². The van der Waals surface area contributed by atoms with Crippen LogP contribution in [0.4, 0.5) is 5.69 Å². The molecule has 0 saturated carbocycles. The Morgan fingerprint density at radius 2 is 2.23 bits per heavy atom. The van der Waals surface area contributed by atoms with Crippen molar-refractivity contribution >= 4 is 21.6 Å². The number of H-pyrrole nitrogens is 1. The summed E-state index contributed by atoms with van der Waals surface area (Å²) in [5.41, 5.74) is 7.22. The van der Waals surface area contributed by atoms with E-state index in [9.17, 15) is 0 Å². The molecule has 0 radical (unpaired) electrons. The molecule has 5 nitrogen and oxygen atoms in total. The third kappa shape index (κ3) is 1.52. The minimum Gasteiger partial charge on any atom is -0.398 e.